The van der Waals surface area contributed by atoms with Crippen LogP contribution in [0.4, 0.5) is 0 Å². The molecule has 112 valence electrons. The molecular weight excluding hydrogens is 282 g/mol. The summed E-state index contributed by atoms with van der Waals surface area (Å²) in [7, 11) is 0. The summed E-state index contributed by atoms with van der Waals surface area (Å²) in [5.74, 6) is 1.60. The van der Waals surface area contributed by atoms with Crippen molar-refractivity contribution in [2.24, 2.45) is 5.92 Å². The maximum absolute atomic E-state index is 12.8. The van der Waals surface area contributed by atoms with Gasteiger partial charge >= 0.3 is 0 Å². The Morgan fingerprint density at radius 3 is 2.52 bits per heavy atom. The summed E-state index contributed by atoms with van der Waals surface area (Å²) in [6, 6.07) is 8.47. The van der Waals surface area contributed by atoms with E-state index >= 15 is 0 Å². The smallest absolute Gasteiger partial charge is 0.226 e. The molecule has 0 N–H and O–H groups in total. The first-order valence-electron chi connectivity index (χ1n) is 7.65. The fraction of sp³-hybridized carbons (Fsp3) is 0.529. The standard InChI is InChI=1S/C17H21NO2S/c1-12-2-4-14(5-3-12)17-18(10-11-21-17)16(20)13-6-8-15(19)9-7-13/h2-5,13,17H,6-11H2,1H3. The average molecular weight is 303 g/mol. The molecule has 1 saturated heterocycles. The van der Waals surface area contributed by atoms with Gasteiger partial charge in [0.15, 0.2) is 0 Å². The zero-order valence-corrected chi connectivity index (χ0v) is 13.2. The summed E-state index contributed by atoms with van der Waals surface area (Å²) in [6.07, 6.45) is 2.62. The maximum atomic E-state index is 12.8. The molecule has 3 rings (SSSR count). The molecule has 1 aliphatic carbocycles. The van der Waals surface area contributed by atoms with E-state index in [0.717, 1.165) is 25.1 Å². The Morgan fingerprint density at radius 1 is 1.19 bits per heavy atom. The number of aryl methyl sites for hydroxylation is 1. The van der Waals surface area contributed by atoms with E-state index in [9.17, 15) is 9.59 Å². The molecule has 1 amide bonds. The number of carbonyl (C=O) groups is 2. The lowest BCUT2D eigenvalue weighted by molar-refractivity contribution is -0.137. The van der Waals surface area contributed by atoms with Crippen LogP contribution in [0.5, 0.6) is 0 Å². The third-order valence-corrected chi connectivity index (χ3v) is 5.69. The van der Waals surface area contributed by atoms with Crippen LogP contribution in [0.3, 0.4) is 0 Å². The second-order valence-corrected chi connectivity index (χ2v) is 7.17. The molecule has 0 aromatic heterocycles. The van der Waals surface area contributed by atoms with E-state index < -0.39 is 0 Å². The Balaban J connectivity index is 1.73. The summed E-state index contributed by atoms with van der Waals surface area (Å²) >= 11 is 1.84. The van der Waals surface area contributed by atoms with Gasteiger partial charge in [-0.2, -0.15) is 0 Å². The van der Waals surface area contributed by atoms with Gasteiger partial charge in [0.2, 0.25) is 5.91 Å². The van der Waals surface area contributed by atoms with Crippen LogP contribution < -0.4 is 0 Å². The average Bonchev–Trinajstić information content (AvgIpc) is 2.97. The van der Waals surface area contributed by atoms with E-state index in [-0.39, 0.29) is 17.2 Å². The molecule has 4 heteroatoms. The minimum absolute atomic E-state index is 0.0503. The fourth-order valence-corrected chi connectivity index (χ4v) is 4.39. The molecule has 1 aliphatic heterocycles. The number of ketones is 1. The molecule has 0 bridgehead atoms. The number of amides is 1. The van der Waals surface area contributed by atoms with E-state index in [1.807, 2.05) is 16.7 Å². The lowest BCUT2D eigenvalue weighted by atomic mass is 9.87. The predicted octanol–water partition coefficient (Wildman–Crippen LogP) is 3.33. The first kappa shape index (κ1) is 14.6. The highest BCUT2D eigenvalue weighted by Gasteiger charge is 2.35. The van der Waals surface area contributed by atoms with Crippen LogP contribution in [0.2, 0.25) is 0 Å². The summed E-state index contributed by atoms with van der Waals surface area (Å²) in [4.78, 5) is 26.1. The highest BCUT2D eigenvalue weighted by molar-refractivity contribution is 7.99. The molecule has 1 saturated carbocycles. The van der Waals surface area contributed by atoms with Gasteiger partial charge in [0.05, 0.1) is 0 Å². The second-order valence-electron chi connectivity index (χ2n) is 5.98. The van der Waals surface area contributed by atoms with Crippen molar-refractivity contribution in [3.8, 4) is 0 Å². The Morgan fingerprint density at radius 2 is 1.86 bits per heavy atom. The van der Waals surface area contributed by atoms with Gasteiger partial charge in [-0.15, -0.1) is 11.8 Å². The van der Waals surface area contributed by atoms with E-state index in [2.05, 4.69) is 31.2 Å². The summed E-state index contributed by atoms with van der Waals surface area (Å²) in [5.41, 5.74) is 2.45. The molecule has 21 heavy (non-hydrogen) atoms. The van der Waals surface area contributed by atoms with Gasteiger partial charge in [0.1, 0.15) is 11.2 Å². The van der Waals surface area contributed by atoms with Crippen molar-refractivity contribution in [1.29, 1.82) is 0 Å². The number of hydrogen-bond acceptors (Lipinski definition) is 3. The van der Waals surface area contributed by atoms with Crippen molar-refractivity contribution in [3.63, 3.8) is 0 Å². The van der Waals surface area contributed by atoms with Crippen LogP contribution in [-0.4, -0.2) is 28.9 Å². The van der Waals surface area contributed by atoms with Crippen molar-refractivity contribution in [1.82, 2.24) is 4.90 Å². The van der Waals surface area contributed by atoms with Gasteiger partial charge in [-0.1, -0.05) is 29.8 Å². The van der Waals surface area contributed by atoms with Crippen LogP contribution in [0.15, 0.2) is 24.3 Å². The monoisotopic (exact) mass is 303 g/mol. The Labute approximate surface area is 130 Å². The van der Waals surface area contributed by atoms with Gasteiger partial charge in [-0.25, -0.2) is 0 Å². The van der Waals surface area contributed by atoms with Gasteiger partial charge in [-0.3, -0.25) is 9.59 Å². The number of Topliss-reactive ketones (excluding diaryl/α,β-unsaturated/α-hetero) is 1. The van der Waals surface area contributed by atoms with Crippen LogP contribution in [0.1, 0.15) is 42.2 Å². The molecule has 0 radical (unpaired) electrons. The third-order valence-electron chi connectivity index (χ3n) is 4.43. The number of hydrogen-bond donors (Lipinski definition) is 0. The SMILES string of the molecule is Cc1ccc(C2SCCN2C(=O)C2CCC(=O)CC2)cc1. The van der Waals surface area contributed by atoms with Crippen molar-refractivity contribution < 1.29 is 9.59 Å². The molecule has 1 heterocycles. The molecule has 3 nitrogen and oxygen atoms in total. The molecule has 1 aromatic carbocycles. The van der Waals surface area contributed by atoms with Crippen molar-refractivity contribution >= 4 is 23.5 Å². The molecule has 1 unspecified atom stereocenters. The van der Waals surface area contributed by atoms with Crippen LogP contribution in [0, 0.1) is 12.8 Å². The summed E-state index contributed by atoms with van der Waals surface area (Å²) < 4.78 is 0. The molecule has 2 fully saturated rings. The van der Waals surface area contributed by atoms with E-state index in [0.29, 0.717) is 18.6 Å². The molecule has 2 aliphatic rings. The number of carbonyl (C=O) groups excluding carboxylic acids is 2. The summed E-state index contributed by atoms with van der Waals surface area (Å²) in [5, 5.41) is 0.149. The number of benzene rings is 1. The molecular formula is C17H21NO2S. The van der Waals surface area contributed by atoms with Crippen LogP contribution in [-0.2, 0) is 9.59 Å². The Hall–Kier alpha value is -1.29. The Bertz CT molecular complexity index is 530. The lowest BCUT2D eigenvalue weighted by Gasteiger charge is -2.30. The van der Waals surface area contributed by atoms with E-state index in [4.69, 9.17) is 0 Å². The highest BCUT2D eigenvalue weighted by atomic mass is 32.2. The van der Waals surface area contributed by atoms with Crippen LogP contribution >= 0.6 is 11.8 Å². The van der Waals surface area contributed by atoms with Gasteiger partial charge in [-0.05, 0) is 25.3 Å². The Kier molecular flexibility index (Phi) is 4.34. The number of thioether (sulfide) groups is 1. The lowest BCUT2D eigenvalue weighted by Crippen LogP contribution is -2.37. The fourth-order valence-electron chi connectivity index (χ4n) is 3.12. The van der Waals surface area contributed by atoms with Gasteiger partial charge < -0.3 is 4.90 Å². The van der Waals surface area contributed by atoms with Gasteiger partial charge in [0.25, 0.3) is 0 Å². The topological polar surface area (TPSA) is 37.4 Å². The first-order valence-corrected chi connectivity index (χ1v) is 8.70. The third kappa shape index (κ3) is 3.15. The highest BCUT2D eigenvalue weighted by Crippen LogP contribution is 2.40. The van der Waals surface area contributed by atoms with E-state index in [1.165, 1.54) is 11.1 Å². The van der Waals surface area contributed by atoms with Crippen molar-refractivity contribution in [3.05, 3.63) is 35.4 Å². The van der Waals surface area contributed by atoms with Crippen molar-refractivity contribution in [2.45, 2.75) is 38.0 Å². The minimum atomic E-state index is 0.0503. The largest absolute Gasteiger partial charge is 0.325 e. The minimum Gasteiger partial charge on any atom is -0.325 e. The molecule has 0 spiro atoms. The quantitative estimate of drug-likeness (QED) is 0.841. The molecule has 1 aromatic rings. The first-order chi connectivity index (χ1) is 10.1. The van der Waals surface area contributed by atoms with Gasteiger partial charge in [0, 0.05) is 31.1 Å². The maximum Gasteiger partial charge on any atom is 0.226 e. The number of nitrogens with zero attached hydrogens (tertiary/aromatic N) is 1. The zero-order valence-electron chi connectivity index (χ0n) is 12.4. The van der Waals surface area contributed by atoms with E-state index in [1.54, 1.807) is 0 Å². The number of rotatable bonds is 2. The normalized spacial score (nSPS) is 23.6. The second kappa shape index (κ2) is 6.22. The van der Waals surface area contributed by atoms with Crippen LogP contribution in [0.25, 0.3) is 0 Å². The predicted molar refractivity (Wildman–Crippen MR) is 85.1 cm³/mol. The van der Waals surface area contributed by atoms with Crippen molar-refractivity contribution in [2.75, 3.05) is 12.3 Å². The summed E-state index contributed by atoms with van der Waals surface area (Å²) in [6.45, 7) is 2.90. The molecule has 1 atom stereocenters. The zero-order chi connectivity index (χ0) is 14.8.